The van der Waals surface area contributed by atoms with Crippen LogP contribution >= 0.6 is 61.1 Å². The molecule has 0 unspecified atom stereocenters. The first-order chi connectivity index (χ1) is 16.8. The van der Waals surface area contributed by atoms with Gasteiger partial charge in [-0.05, 0) is 100.0 Å². The van der Waals surface area contributed by atoms with Gasteiger partial charge in [0.2, 0.25) is 0 Å². The minimum Gasteiger partial charge on any atom is -0.487 e. The Labute approximate surface area is 240 Å². The van der Waals surface area contributed by atoms with Gasteiger partial charge in [0, 0.05) is 10.4 Å². The predicted octanol–water partition coefficient (Wildman–Crippen LogP) is 7.65. The van der Waals surface area contributed by atoms with E-state index in [0.717, 1.165) is 34.9 Å². The summed E-state index contributed by atoms with van der Waals surface area (Å²) in [7, 11) is 0. The van der Waals surface area contributed by atoms with Gasteiger partial charge < -0.3 is 4.74 Å². The number of nitrogens with zero attached hydrogens (tertiary/aromatic N) is 3. The third-order valence-corrected chi connectivity index (χ3v) is 7.79. The van der Waals surface area contributed by atoms with Gasteiger partial charge in [0.25, 0.3) is 5.56 Å². The van der Waals surface area contributed by atoms with Gasteiger partial charge in [0.05, 0.1) is 24.3 Å². The first kappa shape index (κ1) is 26.3. The molecule has 3 aromatic carbocycles. The topological polar surface area (TPSA) is 56.5 Å². The second-order valence-electron chi connectivity index (χ2n) is 8.39. The Hall–Kier alpha value is -1.79. The highest BCUT2D eigenvalue weighted by Crippen LogP contribution is 2.29. The van der Waals surface area contributed by atoms with Crippen molar-refractivity contribution in [2.45, 2.75) is 39.7 Å². The summed E-state index contributed by atoms with van der Waals surface area (Å²) in [6.07, 6.45) is 2.57. The molecule has 180 valence electrons. The van der Waals surface area contributed by atoms with Crippen molar-refractivity contribution < 1.29 is 4.74 Å². The number of ether oxygens (including phenoxy) is 1. The molecular formula is C27H24BrI2N3O2. The van der Waals surface area contributed by atoms with Crippen LogP contribution in [0.1, 0.15) is 48.7 Å². The molecule has 4 rings (SSSR count). The maximum absolute atomic E-state index is 13.3. The zero-order valence-electron chi connectivity index (χ0n) is 19.6. The zero-order chi connectivity index (χ0) is 25.1. The highest BCUT2D eigenvalue weighted by atomic mass is 127. The quantitative estimate of drug-likeness (QED) is 0.144. The predicted molar refractivity (Wildman–Crippen MR) is 163 cm³/mol. The maximum Gasteiger partial charge on any atom is 0.282 e. The molecule has 1 heterocycles. The third kappa shape index (κ3) is 6.14. The molecule has 1 atom stereocenters. The number of rotatable bonds is 7. The third-order valence-electron chi connectivity index (χ3n) is 5.70. The largest absolute Gasteiger partial charge is 0.487 e. The fourth-order valence-electron chi connectivity index (χ4n) is 3.65. The van der Waals surface area contributed by atoms with E-state index in [2.05, 4.69) is 105 Å². The van der Waals surface area contributed by atoms with E-state index in [4.69, 9.17) is 9.72 Å². The van der Waals surface area contributed by atoms with E-state index >= 15 is 0 Å². The Bertz CT molecular complexity index is 1460. The normalized spacial score (nSPS) is 12.4. The molecule has 0 fully saturated rings. The van der Waals surface area contributed by atoms with Gasteiger partial charge in [-0.15, -0.1) is 0 Å². The molecule has 0 saturated carbocycles. The van der Waals surface area contributed by atoms with Crippen molar-refractivity contribution >= 4 is 78.2 Å². The molecule has 0 spiro atoms. The lowest BCUT2D eigenvalue weighted by Crippen LogP contribution is -2.23. The van der Waals surface area contributed by atoms with Crippen LogP contribution in [-0.2, 0) is 6.61 Å². The molecule has 0 aliphatic carbocycles. The van der Waals surface area contributed by atoms with Crippen molar-refractivity contribution in [1.29, 1.82) is 0 Å². The summed E-state index contributed by atoms with van der Waals surface area (Å²) in [5.41, 5.74) is 3.74. The fourth-order valence-corrected chi connectivity index (χ4v) is 6.14. The first-order valence-electron chi connectivity index (χ1n) is 11.2. The first-order valence-corrected chi connectivity index (χ1v) is 14.2. The highest BCUT2D eigenvalue weighted by Gasteiger charge is 2.16. The number of benzene rings is 3. The van der Waals surface area contributed by atoms with Gasteiger partial charge in [-0.1, -0.05) is 59.6 Å². The van der Waals surface area contributed by atoms with E-state index in [1.807, 2.05) is 30.3 Å². The summed E-state index contributed by atoms with van der Waals surface area (Å²) in [6.45, 7) is 6.72. The van der Waals surface area contributed by atoms with E-state index in [1.165, 1.54) is 10.2 Å². The lowest BCUT2D eigenvalue weighted by molar-refractivity contribution is 0.301. The second kappa shape index (κ2) is 11.5. The molecule has 1 aromatic heterocycles. The highest BCUT2D eigenvalue weighted by molar-refractivity contribution is 14.1. The van der Waals surface area contributed by atoms with Gasteiger partial charge in [-0.3, -0.25) is 4.79 Å². The summed E-state index contributed by atoms with van der Waals surface area (Å²) in [5, 5.41) is 5.13. The molecule has 35 heavy (non-hydrogen) atoms. The molecule has 0 aliphatic heterocycles. The number of hydrogen-bond donors (Lipinski definition) is 0. The SMILES string of the molecule is CC[C@@H](C)c1nc2ccc(Br)cc2c(=O)n1N=Cc1cc(I)c(OCc2cccc(C)c2)c(I)c1. The van der Waals surface area contributed by atoms with Gasteiger partial charge >= 0.3 is 0 Å². The Morgan fingerprint density at radius 1 is 1.14 bits per heavy atom. The van der Waals surface area contributed by atoms with E-state index in [1.54, 1.807) is 12.3 Å². The average molecular weight is 756 g/mol. The molecule has 0 bridgehead atoms. The summed E-state index contributed by atoms with van der Waals surface area (Å²) in [4.78, 5) is 18.1. The number of hydrogen-bond acceptors (Lipinski definition) is 4. The summed E-state index contributed by atoms with van der Waals surface area (Å²) in [6, 6.07) is 17.9. The van der Waals surface area contributed by atoms with Crippen molar-refractivity contribution in [1.82, 2.24) is 9.66 Å². The molecule has 0 saturated heterocycles. The lowest BCUT2D eigenvalue weighted by Gasteiger charge is -2.14. The van der Waals surface area contributed by atoms with Crippen LogP contribution in [0.25, 0.3) is 10.9 Å². The van der Waals surface area contributed by atoms with Crippen LogP contribution in [0.15, 0.2) is 69.0 Å². The van der Waals surface area contributed by atoms with Crippen LogP contribution in [0.2, 0.25) is 0 Å². The fraction of sp³-hybridized carbons (Fsp3) is 0.222. The summed E-state index contributed by atoms with van der Waals surface area (Å²) >= 11 is 8.02. The number of aromatic nitrogens is 2. The molecule has 0 amide bonds. The van der Waals surface area contributed by atoms with Crippen molar-refractivity contribution in [3.8, 4) is 5.75 Å². The van der Waals surface area contributed by atoms with Gasteiger partial charge in [0.1, 0.15) is 18.2 Å². The van der Waals surface area contributed by atoms with Gasteiger partial charge in [0.15, 0.2) is 0 Å². The molecular weight excluding hydrogens is 732 g/mol. The summed E-state index contributed by atoms with van der Waals surface area (Å²) < 4.78 is 10.4. The van der Waals surface area contributed by atoms with E-state index < -0.39 is 0 Å². The standard InChI is InChI=1S/C27H24BrI2N3O2/c1-4-17(3)26-32-24-9-8-20(28)13-21(24)27(34)33(26)31-14-19-11-22(29)25(23(30)12-19)35-15-18-7-5-6-16(2)10-18/h5-14,17H,4,15H2,1-3H3/t17-/m1/s1. The van der Waals surface area contributed by atoms with Gasteiger partial charge in [-0.2, -0.15) is 9.78 Å². The zero-order valence-corrected chi connectivity index (χ0v) is 25.5. The van der Waals surface area contributed by atoms with Crippen molar-refractivity contribution in [2.75, 3.05) is 0 Å². The van der Waals surface area contributed by atoms with Crippen molar-refractivity contribution in [3.63, 3.8) is 0 Å². The van der Waals surface area contributed by atoms with E-state index in [9.17, 15) is 4.79 Å². The van der Waals surface area contributed by atoms with Crippen LogP contribution in [0.3, 0.4) is 0 Å². The molecule has 0 N–H and O–H groups in total. The van der Waals surface area contributed by atoms with Crippen LogP contribution in [0, 0.1) is 14.1 Å². The number of fused-ring (bicyclic) bond motifs is 1. The molecule has 5 nitrogen and oxygen atoms in total. The average Bonchev–Trinajstić information content (AvgIpc) is 2.82. The van der Waals surface area contributed by atoms with E-state index in [0.29, 0.717) is 23.3 Å². The van der Waals surface area contributed by atoms with Gasteiger partial charge in [-0.25, -0.2) is 4.98 Å². The second-order valence-corrected chi connectivity index (χ2v) is 11.6. The number of aryl methyl sites for hydroxylation is 1. The maximum atomic E-state index is 13.3. The van der Waals surface area contributed by atoms with E-state index in [-0.39, 0.29) is 11.5 Å². The molecule has 4 aromatic rings. The molecule has 0 aliphatic rings. The van der Waals surface area contributed by atoms with Crippen LogP contribution in [0.5, 0.6) is 5.75 Å². The Kier molecular flexibility index (Phi) is 8.64. The van der Waals surface area contributed by atoms with Crippen LogP contribution in [0.4, 0.5) is 0 Å². The van der Waals surface area contributed by atoms with Crippen molar-refractivity contribution in [2.24, 2.45) is 5.10 Å². The van der Waals surface area contributed by atoms with Crippen LogP contribution in [-0.4, -0.2) is 15.9 Å². The Morgan fingerprint density at radius 3 is 2.57 bits per heavy atom. The lowest BCUT2D eigenvalue weighted by atomic mass is 10.1. The van der Waals surface area contributed by atoms with Crippen molar-refractivity contribution in [3.05, 3.63) is 99.1 Å². The minimum absolute atomic E-state index is 0.0885. The summed E-state index contributed by atoms with van der Waals surface area (Å²) in [5.74, 6) is 1.59. The smallest absolute Gasteiger partial charge is 0.282 e. The molecule has 0 radical (unpaired) electrons. The van der Waals surface area contributed by atoms with Crippen LogP contribution < -0.4 is 10.3 Å². The molecule has 8 heteroatoms. The number of halogens is 3. The Balaban J connectivity index is 1.67. The Morgan fingerprint density at radius 2 is 1.89 bits per heavy atom. The minimum atomic E-state index is -0.176. The monoisotopic (exact) mass is 755 g/mol.